The zero-order valence-corrected chi connectivity index (χ0v) is 20.2. The number of thioether (sulfide) groups is 2. The molecule has 0 bridgehead atoms. The first-order valence-corrected chi connectivity index (χ1v) is 12.8. The first-order valence-electron chi connectivity index (χ1n) is 10.6. The van der Waals surface area contributed by atoms with Gasteiger partial charge in [0.1, 0.15) is 0 Å². The molecule has 1 aliphatic heterocycles. The third-order valence-corrected chi connectivity index (χ3v) is 7.25. The molecule has 1 aromatic carbocycles. The number of benzene rings is 1. The Morgan fingerprint density at radius 3 is 2.70 bits per heavy atom. The van der Waals surface area contributed by atoms with E-state index < -0.39 is 0 Å². The maximum absolute atomic E-state index is 12.8. The van der Waals surface area contributed by atoms with E-state index in [9.17, 15) is 9.59 Å². The van der Waals surface area contributed by atoms with E-state index in [0.29, 0.717) is 36.1 Å². The maximum Gasteiger partial charge on any atom is 0.252 e. The van der Waals surface area contributed by atoms with Crippen LogP contribution in [0.5, 0.6) is 0 Å². The molecule has 3 heterocycles. The molecule has 2 aromatic heterocycles. The fraction of sp³-hybridized carbons (Fsp3) is 0.292. The minimum absolute atomic E-state index is 0.0576. The number of aromatic nitrogens is 3. The van der Waals surface area contributed by atoms with Crippen LogP contribution >= 0.6 is 23.5 Å². The summed E-state index contributed by atoms with van der Waals surface area (Å²) in [5.41, 5.74) is 4.85. The molecule has 0 saturated heterocycles. The smallest absolute Gasteiger partial charge is 0.252 e. The Morgan fingerprint density at radius 2 is 1.91 bits per heavy atom. The zero-order valence-electron chi connectivity index (χ0n) is 18.6. The van der Waals surface area contributed by atoms with Crippen molar-refractivity contribution in [2.75, 3.05) is 18.6 Å². The summed E-state index contributed by atoms with van der Waals surface area (Å²) in [6.07, 6.45) is 7.90. The van der Waals surface area contributed by atoms with E-state index in [1.54, 1.807) is 30.2 Å². The predicted molar refractivity (Wildman–Crippen MR) is 130 cm³/mol. The summed E-state index contributed by atoms with van der Waals surface area (Å²) >= 11 is 2.90. The summed E-state index contributed by atoms with van der Waals surface area (Å²) < 4.78 is 0. The molecular weight excluding hydrogens is 454 g/mol. The van der Waals surface area contributed by atoms with Crippen LogP contribution in [0.15, 0.2) is 59.0 Å². The average molecular weight is 480 g/mol. The molecule has 4 rings (SSSR count). The van der Waals surface area contributed by atoms with Gasteiger partial charge < -0.3 is 10.2 Å². The second-order valence-electron chi connectivity index (χ2n) is 7.59. The second kappa shape index (κ2) is 10.8. The lowest BCUT2D eigenvalue weighted by molar-refractivity contribution is -0.129. The number of carbonyl (C=O) groups excluding carboxylic acids is 2. The van der Waals surface area contributed by atoms with Crippen LogP contribution < -0.4 is 5.32 Å². The standard InChI is InChI=1S/C24H25N5O2S2/c1-16-20(13-28-23(31)19-6-3-4-7-21(19)32-2)18-8-11-29(14-17(18)12-27-16)22(30)15-33-24-25-9-5-10-26-24/h3-7,9-10,12H,8,11,13-15H2,1-2H3,(H,28,31). The highest BCUT2D eigenvalue weighted by Gasteiger charge is 2.24. The normalized spacial score (nSPS) is 12.8. The Hall–Kier alpha value is -2.91. The molecule has 7 nitrogen and oxygen atoms in total. The largest absolute Gasteiger partial charge is 0.348 e. The lowest BCUT2D eigenvalue weighted by Crippen LogP contribution is -2.38. The quantitative estimate of drug-likeness (QED) is 0.410. The van der Waals surface area contributed by atoms with Gasteiger partial charge >= 0.3 is 0 Å². The first kappa shape index (κ1) is 23.3. The van der Waals surface area contributed by atoms with Crippen molar-refractivity contribution in [2.24, 2.45) is 0 Å². The summed E-state index contributed by atoms with van der Waals surface area (Å²) in [6.45, 7) is 3.54. The lowest BCUT2D eigenvalue weighted by Gasteiger charge is -2.30. The topological polar surface area (TPSA) is 88.1 Å². The average Bonchev–Trinajstić information content (AvgIpc) is 2.86. The third kappa shape index (κ3) is 5.54. The van der Waals surface area contributed by atoms with E-state index in [0.717, 1.165) is 28.1 Å². The van der Waals surface area contributed by atoms with Gasteiger partial charge in [-0.2, -0.15) is 0 Å². The number of pyridine rings is 1. The summed E-state index contributed by atoms with van der Waals surface area (Å²) in [6, 6.07) is 9.35. The van der Waals surface area contributed by atoms with E-state index in [-0.39, 0.29) is 11.8 Å². The zero-order chi connectivity index (χ0) is 23.2. The number of carbonyl (C=O) groups is 2. The van der Waals surface area contributed by atoms with Crippen LogP contribution in [0.25, 0.3) is 0 Å². The molecular formula is C24H25N5O2S2. The molecule has 9 heteroatoms. The van der Waals surface area contributed by atoms with Crippen LogP contribution in [0.1, 0.15) is 32.7 Å². The van der Waals surface area contributed by atoms with Crippen LogP contribution in [-0.2, 0) is 24.3 Å². The number of hydrogen-bond acceptors (Lipinski definition) is 7. The van der Waals surface area contributed by atoms with E-state index >= 15 is 0 Å². The van der Waals surface area contributed by atoms with Crippen LogP contribution in [0, 0.1) is 6.92 Å². The van der Waals surface area contributed by atoms with Gasteiger partial charge in [0.25, 0.3) is 5.91 Å². The molecule has 1 N–H and O–H groups in total. The van der Waals surface area contributed by atoms with Gasteiger partial charge in [0, 0.05) is 48.8 Å². The van der Waals surface area contributed by atoms with Crippen LogP contribution in [-0.4, -0.2) is 50.2 Å². The van der Waals surface area contributed by atoms with Gasteiger partial charge in [-0.05, 0) is 54.5 Å². The molecule has 0 radical (unpaired) electrons. The van der Waals surface area contributed by atoms with Crippen molar-refractivity contribution in [1.82, 2.24) is 25.2 Å². The number of rotatable bonds is 7. The van der Waals surface area contributed by atoms with Crippen molar-refractivity contribution in [1.29, 1.82) is 0 Å². The number of aryl methyl sites for hydroxylation is 1. The Kier molecular flexibility index (Phi) is 7.61. The predicted octanol–water partition coefficient (Wildman–Crippen LogP) is 3.51. The van der Waals surface area contributed by atoms with Gasteiger partial charge in [0.05, 0.1) is 11.3 Å². The van der Waals surface area contributed by atoms with Gasteiger partial charge in [0.15, 0.2) is 5.16 Å². The van der Waals surface area contributed by atoms with Crippen LogP contribution in [0.4, 0.5) is 0 Å². The number of nitrogens with zero attached hydrogens (tertiary/aromatic N) is 4. The van der Waals surface area contributed by atoms with Gasteiger partial charge in [-0.15, -0.1) is 11.8 Å². The number of fused-ring (bicyclic) bond motifs is 1. The molecule has 33 heavy (non-hydrogen) atoms. The number of hydrogen-bond donors (Lipinski definition) is 1. The molecule has 0 saturated carbocycles. The van der Waals surface area contributed by atoms with E-state index in [4.69, 9.17) is 0 Å². The number of nitrogens with one attached hydrogen (secondary N) is 1. The van der Waals surface area contributed by atoms with Crippen LogP contribution in [0.3, 0.4) is 0 Å². The molecule has 0 aliphatic carbocycles. The molecule has 0 unspecified atom stereocenters. The van der Waals surface area contributed by atoms with Gasteiger partial charge in [-0.25, -0.2) is 9.97 Å². The molecule has 170 valence electrons. The van der Waals surface area contributed by atoms with Gasteiger partial charge in [-0.3, -0.25) is 14.6 Å². The Balaban J connectivity index is 1.42. The monoisotopic (exact) mass is 479 g/mol. The maximum atomic E-state index is 12.8. The van der Waals surface area contributed by atoms with Gasteiger partial charge in [0.2, 0.25) is 5.91 Å². The summed E-state index contributed by atoms with van der Waals surface area (Å²) in [5, 5.41) is 3.66. The van der Waals surface area contributed by atoms with Crippen molar-refractivity contribution in [3.63, 3.8) is 0 Å². The van der Waals surface area contributed by atoms with Crippen molar-refractivity contribution >= 4 is 35.3 Å². The van der Waals surface area contributed by atoms with Crippen molar-refractivity contribution in [3.8, 4) is 0 Å². The van der Waals surface area contributed by atoms with E-state index in [1.165, 1.54) is 17.3 Å². The fourth-order valence-corrected chi connectivity index (χ4v) is 5.14. The highest BCUT2D eigenvalue weighted by molar-refractivity contribution is 7.99. The SMILES string of the molecule is CSc1ccccc1C(=O)NCc1c(C)ncc2c1CCN(C(=O)CSc1ncccn1)C2. The van der Waals surface area contributed by atoms with Crippen LogP contribution in [0.2, 0.25) is 0 Å². The van der Waals surface area contributed by atoms with E-state index in [2.05, 4.69) is 20.3 Å². The summed E-state index contributed by atoms with van der Waals surface area (Å²) in [5.74, 6) is 0.267. The van der Waals surface area contributed by atoms with Crippen molar-refractivity contribution < 1.29 is 9.59 Å². The van der Waals surface area contributed by atoms with Crippen molar-refractivity contribution in [3.05, 3.63) is 76.9 Å². The minimum atomic E-state index is -0.0928. The molecule has 0 fully saturated rings. The fourth-order valence-electron chi connectivity index (χ4n) is 3.84. The Bertz CT molecular complexity index is 1160. The molecule has 3 aromatic rings. The minimum Gasteiger partial charge on any atom is -0.348 e. The summed E-state index contributed by atoms with van der Waals surface area (Å²) in [7, 11) is 0. The Morgan fingerprint density at radius 1 is 1.12 bits per heavy atom. The molecule has 1 aliphatic rings. The molecule has 0 atom stereocenters. The van der Waals surface area contributed by atoms with Gasteiger partial charge in [-0.1, -0.05) is 23.9 Å². The Labute approximate surface area is 201 Å². The van der Waals surface area contributed by atoms with E-state index in [1.807, 2.05) is 48.5 Å². The highest BCUT2D eigenvalue weighted by Crippen LogP contribution is 2.25. The summed E-state index contributed by atoms with van der Waals surface area (Å²) in [4.78, 5) is 41.2. The van der Waals surface area contributed by atoms with Crippen molar-refractivity contribution in [2.45, 2.75) is 36.5 Å². The molecule has 0 spiro atoms. The second-order valence-corrected chi connectivity index (χ2v) is 9.38. The molecule has 2 amide bonds. The lowest BCUT2D eigenvalue weighted by atomic mass is 9.95. The third-order valence-electron chi connectivity index (χ3n) is 5.59. The highest BCUT2D eigenvalue weighted by atomic mass is 32.2. The first-order chi connectivity index (χ1) is 16.1. The number of amides is 2.